The first-order valence-corrected chi connectivity index (χ1v) is 15.3. The Kier molecular flexibility index (Phi) is 7.12. The van der Waals surface area contributed by atoms with Gasteiger partial charge in [0.25, 0.3) is 0 Å². The van der Waals surface area contributed by atoms with Crippen LogP contribution in [0.4, 0.5) is 16.3 Å². The number of hydrogen-bond donors (Lipinski definition) is 2. The van der Waals surface area contributed by atoms with Crippen molar-refractivity contribution in [1.82, 2.24) is 24.3 Å². The van der Waals surface area contributed by atoms with Crippen molar-refractivity contribution in [2.24, 2.45) is 0 Å². The Morgan fingerprint density at radius 2 is 1.79 bits per heavy atom. The molecule has 2 N–H and O–H groups in total. The first-order chi connectivity index (χ1) is 21.0. The van der Waals surface area contributed by atoms with Gasteiger partial charge >= 0.3 is 6.03 Å². The summed E-state index contributed by atoms with van der Waals surface area (Å²) in [5.41, 5.74) is 5.69. The Hall–Kier alpha value is -4.60. The van der Waals surface area contributed by atoms with Gasteiger partial charge in [-0.25, -0.2) is 14.8 Å². The molecule has 5 heterocycles. The molecule has 10 nitrogen and oxygen atoms in total. The number of aromatic nitrogens is 3. The molecule has 0 saturated carbocycles. The number of phenolic OH excluding ortho intramolecular Hbond substituents is 1. The van der Waals surface area contributed by atoms with E-state index in [-0.39, 0.29) is 30.3 Å². The number of benzene rings is 2. The fourth-order valence-electron chi connectivity index (χ4n) is 6.96. The van der Waals surface area contributed by atoms with Crippen molar-refractivity contribution in [3.63, 3.8) is 0 Å². The number of amides is 3. The van der Waals surface area contributed by atoms with Crippen molar-refractivity contribution in [2.75, 3.05) is 42.9 Å². The topological polar surface area (TPSA) is 107 Å². The van der Waals surface area contributed by atoms with Gasteiger partial charge < -0.3 is 29.7 Å². The number of anilines is 2. The minimum atomic E-state index is -0.0564. The van der Waals surface area contributed by atoms with Crippen molar-refractivity contribution in [1.29, 1.82) is 0 Å². The number of fused-ring (bicyclic) bond motifs is 2. The molecule has 3 amide bonds. The van der Waals surface area contributed by atoms with Crippen molar-refractivity contribution in [2.45, 2.75) is 51.6 Å². The largest absolute Gasteiger partial charge is 0.508 e. The van der Waals surface area contributed by atoms with E-state index in [9.17, 15) is 14.7 Å². The van der Waals surface area contributed by atoms with Gasteiger partial charge in [-0.05, 0) is 73.9 Å². The monoisotopic (exact) mass is 579 g/mol. The van der Waals surface area contributed by atoms with Crippen LogP contribution in [-0.4, -0.2) is 80.1 Å². The highest BCUT2D eigenvalue weighted by Gasteiger charge is 2.32. The number of urea groups is 1. The number of carbonyl (C=O) groups is 2. The highest BCUT2D eigenvalue weighted by molar-refractivity contribution is 6.02. The van der Waals surface area contributed by atoms with Gasteiger partial charge in [-0.3, -0.25) is 4.79 Å². The molecule has 2 saturated heterocycles. The summed E-state index contributed by atoms with van der Waals surface area (Å²) >= 11 is 0. The van der Waals surface area contributed by atoms with Gasteiger partial charge in [0.2, 0.25) is 5.91 Å². The van der Waals surface area contributed by atoms with E-state index in [1.54, 1.807) is 18.5 Å². The minimum absolute atomic E-state index is 0.0402. The number of nitrogens with zero attached hydrogens (tertiary/aromatic N) is 6. The van der Waals surface area contributed by atoms with Crippen molar-refractivity contribution in [3.8, 4) is 16.9 Å². The molecule has 7 rings (SSSR count). The van der Waals surface area contributed by atoms with Crippen molar-refractivity contribution in [3.05, 3.63) is 66.1 Å². The molecular formula is C33H37N7O3. The molecule has 43 heavy (non-hydrogen) atoms. The molecule has 3 aliphatic heterocycles. The van der Waals surface area contributed by atoms with Gasteiger partial charge in [0.1, 0.15) is 30.1 Å². The summed E-state index contributed by atoms with van der Waals surface area (Å²) in [5.74, 6) is 1.16. The zero-order valence-electron chi connectivity index (χ0n) is 24.5. The van der Waals surface area contributed by atoms with Crippen LogP contribution in [0.5, 0.6) is 5.75 Å². The predicted octanol–water partition coefficient (Wildman–Crippen LogP) is 4.79. The van der Waals surface area contributed by atoms with E-state index >= 15 is 0 Å². The fourth-order valence-corrected chi connectivity index (χ4v) is 6.96. The quantitative estimate of drug-likeness (QED) is 0.352. The maximum atomic E-state index is 13.7. The third kappa shape index (κ3) is 5.15. The predicted molar refractivity (Wildman–Crippen MR) is 166 cm³/mol. The van der Waals surface area contributed by atoms with Crippen LogP contribution in [0, 0.1) is 6.92 Å². The maximum Gasteiger partial charge on any atom is 0.322 e. The van der Waals surface area contributed by atoms with Crippen LogP contribution in [0.1, 0.15) is 36.8 Å². The molecule has 0 aliphatic carbocycles. The standard InChI is InChI=1S/C33H37N7O3/c1-22-18-25(41)8-9-26(22)27-19-39(32-30(27)31(34-21-35-32)38-13-4-5-14-38)20-29(42)37-15-11-24(12-16-37)40-17-10-23-6-2-3-7-28(23)36-33(40)43/h2-3,6-9,18-19,21,24,41H,4-5,10-17,20H2,1H3,(H,36,43). The van der Waals surface area contributed by atoms with Crippen LogP contribution in [0.2, 0.25) is 0 Å². The summed E-state index contributed by atoms with van der Waals surface area (Å²) < 4.78 is 1.95. The normalized spacial score (nSPS) is 17.7. The summed E-state index contributed by atoms with van der Waals surface area (Å²) in [5, 5.41) is 14.1. The van der Waals surface area contributed by atoms with Gasteiger partial charge in [-0.1, -0.05) is 24.3 Å². The summed E-state index contributed by atoms with van der Waals surface area (Å²) in [7, 11) is 0. The Morgan fingerprint density at radius 3 is 2.58 bits per heavy atom. The van der Waals surface area contributed by atoms with Crippen LogP contribution in [0.15, 0.2) is 55.0 Å². The molecule has 0 radical (unpaired) electrons. The molecule has 4 aromatic rings. The lowest BCUT2D eigenvalue weighted by atomic mass is 10.0. The number of para-hydroxylation sites is 1. The number of aryl methyl sites for hydroxylation is 1. The van der Waals surface area contributed by atoms with Gasteiger partial charge in [-0.15, -0.1) is 0 Å². The van der Waals surface area contributed by atoms with Crippen molar-refractivity contribution < 1.29 is 14.7 Å². The second-order valence-electron chi connectivity index (χ2n) is 11.9. The first kappa shape index (κ1) is 27.2. The molecular weight excluding hydrogens is 542 g/mol. The Balaban J connectivity index is 1.11. The van der Waals surface area contributed by atoms with Crippen LogP contribution < -0.4 is 10.2 Å². The maximum absolute atomic E-state index is 13.7. The lowest BCUT2D eigenvalue weighted by molar-refractivity contribution is -0.133. The average Bonchev–Trinajstić information content (AvgIpc) is 3.63. The second kappa shape index (κ2) is 11.2. The van der Waals surface area contributed by atoms with E-state index in [4.69, 9.17) is 4.98 Å². The summed E-state index contributed by atoms with van der Waals surface area (Å²) in [6.07, 6.45) is 8.18. The van der Waals surface area contributed by atoms with E-state index in [2.05, 4.69) is 21.3 Å². The average molecular weight is 580 g/mol. The van der Waals surface area contributed by atoms with E-state index in [1.165, 1.54) is 0 Å². The number of aromatic hydroxyl groups is 1. The summed E-state index contributed by atoms with van der Waals surface area (Å²) in [6.45, 7) is 5.94. The fraction of sp³-hybridized carbons (Fsp3) is 0.394. The third-order valence-electron chi connectivity index (χ3n) is 9.24. The highest BCUT2D eigenvalue weighted by atomic mass is 16.3. The molecule has 2 aromatic carbocycles. The zero-order chi connectivity index (χ0) is 29.5. The zero-order valence-corrected chi connectivity index (χ0v) is 24.5. The van der Waals surface area contributed by atoms with Crippen LogP contribution in [0.3, 0.4) is 0 Å². The highest BCUT2D eigenvalue weighted by Crippen LogP contribution is 2.38. The smallest absolute Gasteiger partial charge is 0.322 e. The lowest BCUT2D eigenvalue weighted by Crippen LogP contribution is -2.50. The number of piperidine rings is 1. The molecule has 0 unspecified atom stereocenters. The van der Waals surface area contributed by atoms with Crippen LogP contribution >= 0.6 is 0 Å². The number of nitrogens with one attached hydrogen (secondary N) is 1. The number of rotatable bonds is 5. The number of phenols is 1. The van der Waals surface area contributed by atoms with Crippen LogP contribution in [0.25, 0.3) is 22.2 Å². The number of carbonyl (C=O) groups excluding carboxylic acids is 2. The minimum Gasteiger partial charge on any atom is -0.508 e. The molecule has 222 valence electrons. The van der Waals surface area contributed by atoms with E-state index in [0.29, 0.717) is 19.6 Å². The SMILES string of the molecule is Cc1cc(O)ccc1-c1cn(CC(=O)N2CCC(N3CCc4ccccc4NC3=O)CC2)c2ncnc(N3CCCC3)c12. The van der Waals surface area contributed by atoms with Gasteiger partial charge in [0, 0.05) is 56.2 Å². The Labute approximate surface area is 250 Å². The molecule has 10 heteroatoms. The molecule has 0 spiro atoms. The Bertz CT molecular complexity index is 1690. The second-order valence-corrected chi connectivity index (χ2v) is 11.9. The van der Waals surface area contributed by atoms with Crippen molar-refractivity contribution >= 4 is 34.5 Å². The third-order valence-corrected chi connectivity index (χ3v) is 9.24. The van der Waals surface area contributed by atoms with E-state index < -0.39 is 0 Å². The van der Waals surface area contributed by atoms with Gasteiger partial charge in [0.15, 0.2) is 0 Å². The van der Waals surface area contributed by atoms with Crippen LogP contribution in [-0.2, 0) is 17.8 Å². The molecule has 0 atom stereocenters. The van der Waals surface area contributed by atoms with E-state index in [0.717, 1.165) is 90.0 Å². The van der Waals surface area contributed by atoms with E-state index in [1.807, 2.05) is 51.8 Å². The van der Waals surface area contributed by atoms with Gasteiger partial charge in [-0.2, -0.15) is 0 Å². The lowest BCUT2D eigenvalue weighted by Gasteiger charge is -2.38. The number of hydrogen-bond acceptors (Lipinski definition) is 6. The first-order valence-electron chi connectivity index (χ1n) is 15.3. The molecule has 0 bridgehead atoms. The molecule has 2 aromatic heterocycles. The summed E-state index contributed by atoms with van der Waals surface area (Å²) in [6, 6.07) is 13.4. The number of likely N-dealkylation sites (tertiary alicyclic amines) is 1. The molecule has 2 fully saturated rings. The van der Waals surface area contributed by atoms with Gasteiger partial charge in [0.05, 0.1) is 5.39 Å². The molecule has 3 aliphatic rings. The Morgan fingerprint density at radius 1 is 1.00 bits per heavy atom. The summed E-state index contributed by atoms with van der Waals surface area (Å²) in [4.78, 5) is 42.3.